The standard InChI is InChI=1S/C18H30N4O3S/c1-13(22-11-9-16(19)18(2,3)12-22)17(23)21-10-8-14-4-6-15(7-5-14)26(20,24)25/h4-7,13,16H,8-12,19H2,1-3H3,(H,21,23)(H2,20,24,25). The summed E-state index contributed by atoms with van der Waals surface area (Å²) in [4.78, 5) is 14.7. The second-order valence-corrected chi connectivity index (χ2v) is 9.32. The summed E-state index contributed by atoms with van der Waals surface area (Å²) in [5, 5.41) is 8.04. The molecule has 0 aromatic heterocycles. The number of nitrogens with zero attached hydrogens (tertiary/aromatic N) is 1. The van der Waals surface area contributed by atoms with Gasteiger partial charge in [0.05, 0.1) is 10.9 Å². The lowest BCUT2D eigenvalue weighted by Gasteiger charge is -2.44. The summed E-state index contributed by atoms with van der Waals surface area (Å²) >= 11 is 0. The number of rotatable bonds is 6. The van der Waals surface area contributed by atoms with Crippen LogP contribution in [0.4, 0.5) is 0 Å². The first-order valence-corrected chi connectivity index (χ1v) is 10.4. The molecule has 1 saturated heterocycles. The zero-order valence-corrected chi connectivity index (χ0v) is 16.6. The Morgan fingerprint density at radius 1 is 1.35 bits per heavy atom. The number of hydrogen-bond donors (Lipinski definition) is 3. The summed E-state index contributed by atoms with van der Waals surface area (Å²) in [6, 6.07) is 6.34. The topological polar surface area (TPSA) is 119 Å². The number of primary sulfonamides is 1. The molecule has 7 nitrogen and oxygen atoms in total. The average Bonchev–Trinajstić information content (AvgIpc) is 2.56. The van der Waals surface area contributed by atoms with Crippen LogP contribution in [0.3, 0.4) is 0 Å². The van der Waals surface area contributed by atoms with Crippen molar-refractivity contribution in [3.8, 4) is 0 Å². The third-order valence-corrected chi connectivity index (χ3v) is 6.16. The van der Waals surface area contributed by atoms with E-state index in [0.717, 1.165) is 25.1 Å². The third kappa shape index (κ3) is 5.26. The van der Waals surface area contributed by atoms with Crippen molar-refractivity contribution < 1.29 is 13.2 Å². The van der Waals surface area contributed by atoms with Crippen LogP contribution in [0.25, 0.3) is 0 Å². The minimum absolute atomic E-state index is 0.00212. The first-order chi connectivity index (χ1) is 12.0. The van der Waals surface area contributed by atoms with E-state index in [1.54, 1.807) is 12.1 Å². The van der Waals surface area contributed by atoms with Gasteiger partial charge in [0.2, 0.25) is 15.9 Å². The van der Waals surface area contributed by atoms with Crippen molar-refractivity contribution in [2.24, 2.45) is 16.3 Å². The van der Waals surface area contributed by atoms with E-state index in [2.05, 4.69) is 24.1 Å². The first-order valence-electron chi connectivity index (χ1n) is 8.90. The molecule has 1 amide bonds. The molecular formula is C18H30N4O3S. The number of hydrogen-bond acceptors (Lipinski definition) is 5. The van der Waals surface area contributed by atoms with Crippen LogP contribution in [0, 0.1) is 5.41 Å². The van der Waals surface area contributed by atoms with Crippen molar-refractivity contribution in [3.63, 3.8) is 0 Å². The highest BCUT2D eigenvalue weighted by Gasteiger charge is 2.36. The molecule has 0 bridgehead atoms. The summed E-state index contributed by atoms with van der Waals surface area (Å²) in [6.07, 6.45) is 1.51. The van der Waals surface area contributed by atoms with Crippen molar-refractivity contribution in [1.29, 1.82) is 0 Å². The minimum atomic E-state index is -3.67. The molecule has 0 radical (unpaired) electrons. The van der Waals surface area contributed by atoms with E-state index in [4.69, 9.17) is 10.9 Å². The molecule has 0 aliphatic carbocycles. The maximum absolute atomic E-state index is 12.4. The van der Waals surface area contributed by atoms with E-state index in [1.165, 1.54) is 12.1 Å². The Bertz CT molecular complexity index is 731. The maximum Gasteiger partial charge on any atom is 0.238 e. The van der Waals surface area contributed by atoms with Crippen molar-refractivity contribution in [3.05, 3.63) is 29.8 Å². The van der Waals surface area contributed by atoms with E-state index in [-0.39, 0.29) is 28.3 Å². The molecule has 2 unspecified atom stereocenters. The number of nitrogens with one attached hydrogen (secondary N) is 1. The summed E-state index contributed by atoms with van der Waals surface area (Å²) < 4.78 is 22.5. The van der Waals surface area contributed by atoms with Crippen molar-refractivity contribution in [2.45, 2.75) is 50.6 Å². The SMILES string of the molecule is CC(C(=O)NCCc1ccc(S(N)(=O)=O)cc1)N1CCC(N)C(C)(C)C1. The van der Waals surface area contributed by atoms with Gasteiger partial charge < -0.3 is 11.1 Å². The zero-order chi connectivity index (χ0) is 19.5. The molecule has 5 N–H and O–H groups in total. The highest BCUT2D eigenvalue weighted by Crippen LogP contribution is 2.28. The number of carbonyl (C=O) groups excluding carboxylic acids is 1. The average molecular weight is 383 g/mol. The summed E-state index contributed by atoms with van der Waals surface area (Å²) in [5.74, 6) is -0.00238. The fourth-order valence-corrected chi connectivity index (χ4v) is 3.75. The van der Waals surface area contributed by atoms with Crippen LogP contribution in [0.1, 0.15) is 32.8 Å². The van der Waals surface area contributed by atoms with Gasteiger partial charge in [0.15, 0.2) is 0 Å². The van der Waals surface area contributed by atoms with E-state index in [1.807, 2.05) is 6.92 Å². The molecule has 2 rings (SSSR count). The van der Waals surface area contributed by atoms with Gasteiger partial charge in [-0.3, -0.25) is 9.69 Å². The third-order valence-electron chi connectivity index (χ3n) is 5.23. The Kier molecular flexibility index (Phi) is 6.44. The van der Waals surface area contributed by atoms with Gasteiger partial charge >= 0.3 is 0 Å². The number of nitrogens with two attached hydrogens (primary N) is 2. The van der Waals surface area contributed by atoms with Crippen LogP contribution in [-0.2, 0) is 21.2 Å². The monoisotopic (exact) mass is 382 g/mol. The summed E-state index contributed by atoms with van der Waals surface area (Å²) in [6.45, 7) is 8.32. The van der Waals surface area contributed by atoms with Crippen LogP contribution in [-0.4, -0.2) is 50.9 Å². The molecule has 0 spiro atoms. The molecule has 1 aromatic carbocycles. The molecule has 2 atom stereocenters. The Labute approximate surface area is 156 Å². The molecule has 1 aliphatic rings. The quantitative estimate of drug-likeness (QED) is 0.660. The number of piperidine rings is 1. The molecule has 8 heteroatoms. The van der Waals surface area contributed by atoms with Gasteiger partial charge in [0.25, 0.3) is 0 Å². The predicted octanol–water partition coefficient (Wildman–Crippen LogP) is 0.440. The van der Waals surface area contributed by atoms with Crippen molar-refractivity contribution in [1.82, 2.24) is 10.2 Å². The largest absolute Gasteiger partial charge is 0.354 e. The molecule has 1 heterocycles. The summed E-state index contributed by atoms with van der Waals surface area (Å²) in [5.41, 5.74) is 7.10. The molecule has 26 heavy (non-hydrogen) atoms. The zero-order valence-electron chi connectivity index (χ0n) is 15.7. The Balaban J connectivity index is 1.83. The second-order valence-electron chi connectivity index (χ2n) is 7.76. The van der Waals surface area contributed by atoms with Crippen LogP contribution < -0.4 is 16.2 Å². The smallest absolute Gasteiger partial charge is 0.238 e. The second kappa shape index (κ2) is 8.04. The van der Waals surface area contributed by atoms with E-state index in [9.17, 15) is 13.2 Å². The lowest BCUT2D eigenvalue weighted by Crippen LogP contribution is -2.57. The van der Waals surface area contributed by atoms with Crippen LogP contribution in [0.15, 0.2) is 29.2 Å². The number of sulfonamides is 1. The van der Waals surface area contributed by atoms with Gasteiger partial charge in [-0.25, -0.2) is 13.6 Å². The van der Waals surface area contributed by atoms with Gasteiger partial charge in [-0.2, -0.15) is 0 Å². The van der Waals surface area contributed by atoms with Gasteiger partial charge in [-0.15, -0.1) is 0 Å². The van der Waals surface area contributed by atoms with Gasteiger partial charge in [0, 0.05) is 25.7 Å². The number of benzene rings is 1. The number of amides is 1. The molecule has 0 saturated carbocycles. The van der Waals surface area contributed by atoms with Crippen molar-refractivity contribution >= 4 is 15.9 Å². The minimum Gasteiger partial charge on any atom is -0.354 e. The van der Waals surface area contributed by atoms with Crippen LogP contribution in [0.2, 0.25) is 0 Å². The van der Waals surface area contributed by atoms with Gasteiger partial charge in [-0.05, 0) is 42.9 Å². The Morgan fingerprint density at radius 3 is 2.50 bits per heavy atom. The Hall–Kier alpha value is -1.48. The number of likely N-dealkylation sites (tertiary alicyclic amines) is 1. The maximum atomic E-state index is 12.4. The normalized spacial score (nSPS) is 22.0. The predicted molar refractivity (Wildman–Crippen MR) is 102 cm³/mol. The lowest BCUT2D eigenvalue weighted by molar-refractivity contribution is -0.127. The molecular weight excluding hydrogens is 352 g/mol. The van der Waals surface area contributed by atoms with Crippen molar-refractivity contribution in [2.75, 3.05) is 19.6 Å². The van der Waals surface area contributed by atoms with Crippen LogP contribution >= 0.6 is 0 Å². The molecule has 1 fully saturated rings. The highest BCUT2D eigenvalue weighted by molar-refractivity contribution is 7.89. The van der Waals surface area contributed by atoms with E-state index >= 15 is 0 Å². The lowest BCUT2D eigenvalue weighted by atomic mass is 9.79. The van der Waals surface area contributed by atoms with Crippen LogP contribution in [0.5, 0.6) is 0 Å². The molecule has 1 aliphatic heterocycles. The first kappa shape index (κ1) is 20.8. The highest BCUT2D eigenvalue weighted by atomic mass is 32.2. The van der Waals surface area contributed by atoms with E-state index in [0.29, 0.717) is 13.0 Å². The van der Waals surface area contributed by atoms with Gasteiger partial charge in [-0.1, -0.05) is 26.0 Å². The number of carbonyl (C=O) groups is 1. The fraction of sp³-hybridized carbons (Fsp3) is 0.611. The fourth-order valence-electron chi connectivity index (χ4n) is 3.24. The Morgan fingerprint density at radius 2 is 1.96 bits per heavy atom. The molecule has 146 valence electrons. The summed E-state index contributed by atoms with van der Waals surface area (Å²) in [7, 11) is -3.67. The van der Waals surface area contributed by atoms with Gasteiger partial charge in [0.1, 0.15) is 0 Å². The molecule has 1 aromatic rings. The van der Waals surface area contributed by atoms with E-state index < -0.39 is 10.0 Å².